The van der Waals surface area contributed by atoms with E-state index in [2.05, 4.69) is 4.65 Å². The molecule has 4 nitrogen and oxygen atoms in total. The number of benzene rings is 1. The molecule has 0 aliphatic carbocycles. The van der Waals surface area contributed by atoms with Crippen molar-refractivity contribution in [3.05, 3.63) is 29.8 Å². The zero-order valence-electron chi connectivity index (χ0n) is 9.15. The summed E-state index contributed by atoms with van der Waals surface area (Å²) in [5, 5.41) is 17.1. The van der Waals surface area contributed by atoms with E-state index in [1.807, 2.05) is 0 Å². The third-order valence-electron chi connectivity index (χ3n) is 2.82. The van der Waals surface area contributed by atoms with E-state index < -0.39 is 19.1 Å². The van der Waals surface area contributed by atoms with Gasteiger partial charge in [0.2, 0.25) is 0 Å². The molecule has 0 aromatic heterocycles. The maximum atomic E-state index is 12.9. The van der Waals surface area contributed by atoms with E-state index in [1.54, 1.807) is 0 Å². The number of ether oxygens (including phenoxy) is 1. The van der Waals surface area contributed by atoms with E-state index in [1.165, 1.54) is 24.3 Å². The summed E-state index contributed by atoms with van der Waals surface area (Å²) in [6.07, 6.45) is -4.61. The van der Waals surface area contributed by atoms with Gasteiger partial charge in [-0.25, -0.2) is 0 Å². The topological polar surface area (TPSA) is 58.9 Å². The van der Waals surface area contributed by atoms with Crippen LogP contribution in [0.2, 0.25) is 0 Å². The molecule has 1 fully saturated rings. The van der Waals surface area contributed by atoms with Gasteiger partial charge < -0.3 is 19.4 Å². The van der Waals surface area contributed by atoms with Crippen molar-refractivity contribution in [1.82, 2.24) is 0 Å². The van der Waals surface area contributed by atoms with Crippen LogP contribution in [0.3, 0.4) is 0 Å². The molecule has 0 amide bonds. The van der Waals surface area contributed by atoms with Gasteiger partial charge in [-0.05, 0) is 17.7 Å². The zero-order valence-corrected chi connectivity index (χ0v) is 9.15. The first-order valence-corrected chi connectivity index (χ1v) is 5.19. The summed E-state index contributed by atoms with van der Waals surface area (Å²) in [5.41, 5.74) is -2.27. The van der Waals surface area contributed by atoms with E-state index in [0.29, 0.717) is 0 Å². The van der Waals surface area contributed by atoms with Crippen LogP contribution < -0.4 is 4.65 Å². The van der Waals surface area contributed by atoms with Crippen LogP contribution >= 0.6 is 0 Å². The van der Waals surface area contributed by atoms with E-state index in [4.69, 9.17) is 14.8 Å². The van der Waals surface area contributed by atoms with E-state index in [0.717, 1.165) is 0 Å². The highest BCUT2D eigenvalue weighted by Gasteiger charge is 2.61. The van der Waals surface area contributed by atoms with Gasteiger partial charge in [0, 0.05) is 6.42 Å². The van der Waals surface area contributed by atoms with Gasteiger partial charge in [0.05, 0.1) is 6.61 Å². The fourth-order valence-corrected chi connectivity index (χ4v) is 1.85. The number of hydrogen-bond donors (Lipinski definition) is 2. The van der Waals surface area contributed by atoms with Crippen molar-refractivity contribution in [3.8, 4) is 5.75 Å². The van der Waals surface area contributed by atoms with Crippen LogP contribution in [-0.4, -0.2) is 30.2 Å². The molecule has 1 unspecified atom stereocenters. The summed E-state index contributed by atoms with van der Waals surface area (Å²) < 4.78 is 48.0. The normalized spacial score (nSPS) is 23.4. The highest BCUT2D eigenvalue weighted by molar-refractivity contribution is 6.33. The van der Waals surface area contributed by atoms with Gasteiger partial charge in [-0.1, -0.05) is 12.1 Å². The Labute approximate surface area is 101 Å². The first-order valence-electron chi connectivity index (χ1n) is 5.19. The Morgan fingerprint density at radius 1 is 1.22 bits per heavy atom. The number of halogens is 3. The van der Waals surface area contributed by atoms with Crippen molar-refractivity contribution in [3.63, 3.8) is 0 Å². The van der Waals surface area contributed by atoms with Crippen LogP contribution in [0.15, 0.2) is 24.3 Å². The van der Waals surface area contributed by atoms with Crippen molar-refractivity contribution >= 4 is 7.32 Å². The summed E-state index contributed by atoms with van der Waals surface area (Å²) in [4.78, 5) is 0. The smallest absolute Gasteiger partial charge is 0.512 e. The number of hydrogen-bond acceptors (Lipinski definition) is 4. The predicted molar refractivity (Wildman–Crippen MR) is 55.6 cm³/mol. The predicted octanol–water partition coefficient (Wildman–Crippen LogP) is 1.21. The molecule has 0 saturated carbocycles. The van der Waals surface area contributed by atoms with Gasteiger partial charge in [-0.3, -0.25) is 0 Å². The molecule has 1 aromatic rings. The van der Waals surface area contributed by atoms with Gasteiger partial charge in [-0.15, -0.1) is 0 Å². The molecule has 1 heterocycles. The highest BCUT2D eigenvalue weighted by Crippen LogP contribution is 2.50. The van der Waals surface area contributed by atoms with Gasteiger partial charge in [-0.2, -0.15) is 13.2 Å². The molecule has 2 rings (SSSR count). The van der Waals surface area contributed by atoms with Crippen molar-refractivity contribution in [2.24, 2.45) is 0 Å². The molecule has 1 aliphatic rings. The molecule has 2 N–H and O–H groups in total. The molecule has 1 aliphatic heterocycles. The van der Waals surface area contributed by atoms with Crippen LogP contribution in [0, 0.1) is 0 Å². The molecule has 8 heteroatoms. The minimum Gasteiger partial charge on any atom is -0.512 e. The third kappa shape index (κ3) is 2.18. The number of alkyl halides is 3. The first-order chi connectivity index (χ1) is 8.35. The average Bonchev–Trinajstić information content (AvgIpc) is 2.15. The summed E-state index contributed by atoms with van der Waals surface area (Å²) in [6.45, 7) is 0.0626. The Hall–Kier alpha value is -1.25. The lowest BCUT2D eigenvalue weighted by atomic mass is 9.86. The molecule has 98 valence electrons. The standard InChI is InChI=1S/C10H10BF3O4/c12-10(13,14)9(5-6-17-9)7-1-3-8(4-2-7)18-11(15)16/h1-4,15-16H,5-6H2. The second kappa shape index (κ2) is 4.45. The zero-order chi connectivity index (χ0) is 13.4. The average molecular weight is 262 g/mol. The van der Waals surface area contributed by atoms with Gasteiger partial charge in [0.25, 0.3) is 0 Å². The van der Waals surface area contributed by atoms with Crippen LogP contribution in [0.4, 0.5) is 13.2 Å². The Morgan fingerprint density at radius 2 is 1.78 bits per heavy atom. The van der Waals surface area contributed by atoms with Gasteiger partial charge in [0.1, 0.15) is 5.75 Å². The maximum absolute atomic E-state index is 12.9. The van der Waals surface area contributed by atoms with Crippen LogP contribution in [-0.2, 0) is 10.3 Å². The molecule has 18 heavy (non-hydrogen) atoms. The Morgan fingerprint density at radius 3 is 2.11 bits per heavy atom. The second-order valence-corrected chi connectivity index (χ2v) is 3.89. The molecule has 1 saturated heterocycles. The highest BCUT2D eigenvalue weighted by atomic mass is 19.4. The number of rotatable bonds is 3. The van der Waals surface area contributed by atoms with Crippen molar-refractivity contribution in [1.29, 1.82) is 0 Å². The van der Waals surface area contributed by atoms with E-state index in [-0.39, 0.29) is 24.3 Å². The Bertz CT molecular complexity index is 414. The fourth-order valence-electron chi connectivity index (χ4n) is 1.85. The lowest BCUT2D eigenvalue weighted by Gasteiger charge is -2.43. The lowest BCUT2D eigenvalue weighted by Crippen LogP contribution is -2.52. The summed E-state index contributed by atoms with van der Waals surface area (Å²) in [6, 6.07) is 4.85. The van der Waals surface area contributed by atoms with Crippen molar-refractivity contribution in [2.45, 2.75) is 18.2 Å². The van der Waals surface area contributed by atoms with Crippen molar-refractivity contribution in [2.75, 3.05) is 6.61 Å². The molecule has 1 aromatic carbocycles. The Balaban J connectivity index is 2.23. The monoisotopic (exact) mass is 262 g/mol. The van der Waals surface area contributed by atoms with Crippen molar-refractivity contribution < 1.29 is 32.6 Å². The molecule has 0 radical (unpaired) electrons. The molecular weight excluding hydrogens is 252 g/mol. The molecule has 0 spiro atoms. The van der Waals surface area contributed by atoms with E-state index in [9.17, 15) is 13.2 Å². The quantitative estimate of drug-likeness (QED) is 0.804. The second-order valence-electron chi connectivity index (χ2n) is 3.89. The minimum atomic E-state index is -4.48. The molecule has 1 atom stereocenters. The van der Waals surface area contributed by atoms with Crippen LogP contribution in [0.1, 0.15) is 12.0 Å². The van der Waals surface area contributed by atoms with Crippen LogP contribution in [0.5, 0.6) is 5.75 Å². The largest absolute Gasteiger partial charge is 0.707 e. The van der Waals surface area contributed by atoms with Gasteiger partial charge >= 0.3 is 13.5 Å². The van der Waals surface area contributed by atoms with Crippen LogP contribution in [0.25, 0.3) is 0 Å². The fraction of sp³-hybridized carbons (Fsp3) is 0.400. The third-order valence-corrected chi connectivity index (χ3v) is 2.82. The SMILES string of the molecule is OB(O)Oc1ccc(C2(C(F)(F)F)CCO2)cc1. The summed E-state index contributed by atoms with van der Waals surface area (Å²) >= 11 is 0. The summed E-state index contributed by atoms with van der Waals surface area (Å²) in [5.74, 6) is 0.0606. The Kier molecular flexibility index (Phi) is 3.26. The molecule has 0 bridgehead atoms. The first kappa shape index (κ1) is 13.2. The minimum absolute atomic E-state index is 0.0268. The maximum Gasteiger partial charge on any atom is 0.707 e. The lowest BCUT2D eigenvalue weighted by molar-refractivity contribution is -0.333. The van der Waals surface area contributed by atoms with Gasteiger partial charge in [0.15, 0.2) is 5.60 Å². The van der Waals surface area contributed by atoms with E-state index >= 15 is 0 Å². The molecular formula is C10H10BF3O4. The summed E-state index contributed by atoms with van der Waals surface area (Å²) in [7, 11) is -2.01.